The lowest BCUT2D eigenvalue weighted by molar-refractivity contribution is -0.146. The molecule has 0 radical (unpaired) electrons. The first-order chi connectivity index (χ1) is 9.95. The fraction of sp³-hybridized carbons (Fsp3) is 0.467. The van der Waals surface area contributed by atoms with Gasteiger partial charge in [0, 0.05) is 6.42 Å². The molecule has 1 aromatic carbocycles. The van der Waals surface area contributed by atoms with Gasteiger partial charge in [-0.2, -0.15) is 13.2 Å². The molecule has 4 nitrogen and oxygen atoms in total. The van der Waals surface area contributed by atoms with Gasteiger partial charge in [0.25, 0.3) is 0 Å². The maximum Gasteiger partial charge on any atom is 0.416 e. The molecule has 7 heteroatoms. The average Bonchev–Trinajstić information content (AvgIpc) is 2.36. The zero-order valence-corrected chi connectivity index (χ0v) is 12.5. The summed E-state index contributed by atoms with van der Waals surface area (Å²) in [7, 11) is 0. The van der Waals surface area contributed by atoms with E-state index in [4.69, 9.17) is 5.11 Å². The number of aliphatic carboxylic acids is 1. The molecule has 1 unspecified atom stereocenters. The fourth-order valence-corrected chi connectivity index (χ4v) is 2.03. The highest BCUT2D eigenvalue weighted by Gasteiger charge is 2.35. The number of amides is 1. The molecule has 0 bridgehead atoms. The fourth-order valence-electron chi connectivity index (χ4n) is 2.03. The number of carboxylic acids is 1. The molecule has 0 saturated heterocycles. The van der Waals surface area contributed by atoms with E-state index in [0.717, 1.165) is 6.07 Å². The summed E-state index contributed by atoms with van der Waals surface area (Å²) in [5, 5.41) is 11.2. The van der Waals surface area contributed by atoms with Crippen LogP contribution < -0.4 is 5.32 Å². The Labute approximate surface area is 126 Å². The van der Waals surface area contributed by atoms with Gasteiger partial charge < -0.3 is 10.4 Å². The van der Waals surface area contributed by atoms with E-state index in [1.165, 1.54) is 39.0 Å². The van der Waals surface area contributed by atoms with Crippen LogP contribution in [-0.4, -0.2) is 22.5 Å². The SMILES string of the molecule is CC(CC(=O)NC(C)(C)C(=O)O)c1ccccc1C(F)(F)F. The Morgan fingerprint density at radius 2 is 1.77 bits per heavy atom. The molecule has 0 aliphatic rings. The second-order valence-electron chi connectivity index (χ2n) is 5.67. The first kappa shape index (κ1) is 18.0. The Morgan fingerprint density at radius 1 is 1.23 bits per heavy atom. The molecular formula is C15H18F3NO3. The molecule has 0 saturated carbocycles. The van der Waals surface area contributed by atoms with Crippen molar-refractivity contribution in [3.8, 4) is 0 Å². The third-order valence-corrected chi connectivity index (χ3v) is 3.28. The van der Waals surface area contributed by atoms with E-state index in [1.54, 1.807) is 0 Å². The van der Waals surface area contributed by atoms with Gasteiger partial charge in [0.05, 0.1) is 5.56 Å². The van der Waals surface area contributed by atoms with Crippen LogP contribution in [0.2, 0.25) is 0 Å². The van der Waals surface area contributed by atoms with E-state index < -0.39 is 35.1 Å². The van der Waals surface area contributed by atoms with Crippen LogP contribution in [0.1, 0.15) is 44.2 Å². The molecule has 0 aliphatic heterocycles. The average molecular weight is 317 g/mol. The van der Waals surface area contributed by atoms with Crippen LogP contribution in [0.4, 0.5) is 13.2 Å². The maximum absolute atomic E-state index is 12.9. The van der Waals surface area contributed by atoms with Crippen molar-refractivity contribution in [2.75, 3.05) is 0 Å². The van der Waals surface area contributed by atoms with E-state index in [0.29, 0.717) is 0 Å². The van der Waals surface area contributed by atoms with Crippen molar-refractivity contribution in [1.82, 2.24) is 5.32 Å². The summed E-state index contributed by atoms with van der Waals surface area (Å²) in [5.74, 6) is -2.52. The molecular weight excluding hydrogens is 299 g/mol. The molecule has 0 aliphatic carbocycles. The van der Waals surface area contributed by atoms with Crippen molar-refractivity contribution in [1.29, 1.82) is 0 Å². The van der Waals surface area contributed by atoms with Gasteiger partial charge in [0.2, 0.25) is 5.91 Å². The van der Waals surface area contributed by atoms with Crippen LogP contribution in [-0.2, 0) is 15.8 Å². The number of nitrogens with one attached hydrogen (secondary N) is 1. The highest BCUT2D eigenvalue weighted by atomic mass is 19.4. The summed E-state index contributed by atoms with van der Waals surface area (Å²) in [6, 6.07) is 5.04. The van der Waals surface area contributed by atoms with Crippen LogP contribution in [0.15, 0.2) is 24.3 Å². The number of halogens is 3. The molecule has 0 spiro atoms. The number of carbonyl (C=O) groups excluding carboxylic acids is 1. The van der Waals surface area contributed by atoms with Crippen molar-refractivity contribution >= 4 is 11.9 Å². The van der Waals surface area contributed by atoms with Gasteiger partial charge in [0.1, 0.15) is 5.54 Å². The van der Waals surface area contributed by atoms with Gasteiger partial charge in [-0.25, -0.2) is 4.79 Å². The molecule has 22 heavy (non-hydrogen) atoms. The van der Waals surface area contributed by atoms with Gasteiger partial charge in [-0.15, -0.1) is 0 Å². The highest BCUT2D eigenvalue weighted by Crippen LogP contribution is 2.35. The minimum Gasteiger partial charge on any atom is -0.480 e. The lowest BCUT2D eigenvalue weighted by Crippen LogP contribution is -2.49. The molecule has 0 fully saturated rings. The van der Waals surface area contributed by atoms with E-state index in [1.807, 2.05) is 0 Å². The molecule has 122 valence electrons. The standard InChI is InChI=1S/C15H18F3NO3/c1-9(8-12(20)19-14(2,3)13(21)22)10-6-4-5-7-11(10)15(16,17)18/h4-7,9H,8H2,1-3H3,(H,19,20)(H,21,22). The molecule has 2 N–H and O–H groups in total. The van der Waals surface area contributed by atoms with Gasteiger partial charge in [-0.3, -0.25) is 4.79 Å². The number of hydrogen-bond donors (Lipinski definition) is 2. The summed E-state index contributed by atoms with van der Waals surface area (Å²) in [5.41, 5.74) is -2.24. The Bertz CT molecular complexity index is 567. The lowest BCUT2D eigenvalue weighted by Gasteiger charge is -2.23. The number of alkyl halides is 3. The topological polar surface area (TPSA) is 66.4 Å². The van der Waals surface area contributed by atoms with Crippen LogP contribution in [0, 0.1) is 0 Å². The van der Waals surface area contributed by atoms with Crippen LogP contribution >= 0.6 is 0 Å². The minimum absolute atomic E-state index is 0.0123. The second-order valence-corrected chi connectivity index (χ2v) is 5.67. The Kier molecular flexibility index (Phi) is 5.22. The van der Waals surface area contributed by atoms with Crippen LogP contribution in [0.25, 0.3) is 0 Å². The van der Waals surface area contributed by atoms with Crippen LogP contribution in [0.5, 0.6) is 0 Å². The summed E-state index contributed by atoms with van der Waals surface area (Å²) in [6.07, 6.45) is -4.73. The van der Waals surface area contributed by atoms with Gasteiger partial charge in [-0.05, 0) is 31.4 Å². The Balaban J connectivity index is 2.89. The van der Waals surface area contributed by atoms with Crippen LogP contribution in [0.3, 0.4) is 0 Å². The van der Waals surface area contributed by atoms with E-state index in [2.05, 4.69) is 5.32 Å². The third-order valence-electron chi connectivity index (χ3n) is 3.28. The monoisotopic (exact) mass is 317 g/mol. The largest absolute Gasteiger partial charge is 0.480 e. The number of benzene rings is 1. The minimum atomic E-state index is -4.50. The number of rotatable bonds is 5. The predicted octanol–water partition coefficient (Wildman–Crippen LogP) is 3.18. The number of carboxylic acid groups (broad SMARTS) is 1. The summed E-state index contributed by atoms with van der Waals surface area (Å²) < 4.78 is 38.8. The van der Waals surface area contributed by atoms with Gasteiger partial charge >= 0.3 is 12.1 Å². The molecule has 1 atom stereocenters. The maximum atomic E-state index is 12.9. The number of carbonyl (C=O) groups is 2. The first-order valence-electron chi connectivity index (χ1n) is 6.65. The van der Waals surface area contributed by atoms with E-state index in [-0.39, 0.29) is 12.0 Å². The first-order valence-corrected chi connectivity index (χ1v) is 6.65. The zero-order valence-electron chi connectivity index (χ0n) is 12.5. The quantitative estimate of drug-likeness (QED) is 0.876. The van der Waals surface area contributed by atoms with Gasteiger partial charge in [0.15, 0.2) is 0 Å². The van der Waals surface area contributed by atoms with Crippen molar-refractivity contribution in [2.24, 2.45) is 0 Å². The molecule has 1 aromatic rings. The Hall–Kier alpha value is -2.05. The molecule has 0 heterocycles. The van der Waals surface area contributed by atoms with E-state index >= 15 is 0 Å². The lowest BCUT2D eigenvalue weighted by atomic mass is 9.92. The molecule has 0 aromatic heterocycles. The van der Waals surface area contributed by atoms with Crippen molar-refractivity contribution < 1.29 is 27.9 Å². The van der Waals surface area contributed by atoms with Gasteiger partial charge in [-0.1, -0.05) is 25.1 Å². The predicted molar refractivity (Wildman–Crippen MR) is 74.3 cm³/mol. The molecule has 1 rings (SSSR count). The van der Waals surface area contributed by atoms with E-state index in [9.17, 15) is 22.8 Å². The normalized spacial score (nSPS) is 13.5. The smallest absolute Gasteiger partial charge is 0.416 e. The summed E-state index contributed by atoms with van der Waals surface area (Å²) in [6.45, 7) is 4.11. The Morgan fingerprint density at radius 3 is 2.27 bits per heavy atom. The number of hydrogen-bond acceptors (Lipinski definition) is 2. The summed E-state index contributed by atoms with van der Waals surface area (Å²) >= 11 is 0. The molecule has 1 amide bonds. The van der Waals surface area contributed by atoms with Crippen molar-refractivity contribution in [3.05, 3.63) is 35.4 Å². The van der Waals surface area contributed by atoms with Crippen molar-refractivity contribution in [2.45, 2.75) is 44.8 Å². The summed E-state index contributed by atoms with van der Waals surface area (Å²) in [4.78, 5) is 22.8. The zero-order chi connectivity index (χ0) is 17.1. The van der Waals surface area contributed by atoms with Crippen molar-refractivity contribution in [3.63, 3.8) is 0 Å². The third kappa shape index (κ3) is 4.47. The second kappa shape index (κ2) is 6.37. The highest BCUT2D eigenvalue weighted by molar-refractivity contribution is 5.86.